The van der Waals surface area contributed by atoms with Crippen LogP contribution in [0.4, 0.5) is 13.2 Å². The van der Waals surface area contributed by atoms with Gasteiger partial charge in [-0.1, -0.05) is 23.7 Å². The van der Waals surface area contributed by atoms with Crippen molar-refractivity contribution < 1.29 is 27.9 Å². The maximum atomic E-state index is 13.3. The zero-order chi connectivity index (χ0) is 24.9. The van der Waals surface area contributed by atoms with Crippen molar-refractivity contribution in [3.8, 4) is 0 Å². The van der Waals surface area contributed by atoms with Gasteiger partial charge in [0, 0.05) is 26.4 Å². The predicted octanol–water partition coefficient (Wildman–Crippen LogP) is 2.61. The van der Waals surface area contributed by atoms with E-state index in [2.05, 4.69) is 15.6 Å². The highest BCUT2D eigenvalue weighted by Crippen LogP contribution is 2.35. The number of halogens is 4. The number of imide groups is 1. The van der Waals surface area contributed by atoms with E-state index < -0.39 is 23.8 Å². The molecular formula is C22H23ClF3N5O3. The SMILES string of the molecule is CNC1=C(C(=O)N(C=O)CCCO)N(Cc2ccc(Cl)cn2)C(c2ccc(C(F)(F)F)cc2)N1. The third-order valence-electron chi connectivity index (χ3n) is 5.19. The van der Waals surface area contributed by atoms with E-state index in [1.54, 1.807) is 24.1 Å². The molecule has 0 aliphatic carbocycles. The molecule has 0 spiro atoms. The summed E-state index contributed by atoms with van der Waals surface area (Å²) in [5, 5.41) is 15.5. The molecule has 1 aromatic heterocycles. The lowest BCUT2D eigenvalue weighted by Crippen LogP contribution is -2.38. The van der Waals surface area contributed by atoms with E-state index in [0.717, 1.165) is 17.0 Å². The molecular weight excluding hydrogens is 475 g/mol. The normalized spacial score (nSPS) is 15.8. The lowest BCUT2D eigenvalue weighted by atomic mass is 10.1. The third-order valence-corrected chi connectivity index (χ3v) is 5.41. The van der Waals surface area contributed by atoms with Crippen molar-refractivity contribution in [2.24, 2.45) is 0 Å². The number of hydrogen-bond acceptors (Lipinski definition) is 7. The van der Waals surface area contributed by atoms with Gasteiger partial charge in [-0.3, -0.25) is 19.5 Å². The largest absolute Gasteiger partial charge is 0.416 e. The second-order valence-electron chi connectivity index (χ2n) is 7.42. The average Bonchev–Trinajstić information content (AvgIpc) is 3.18. The molecule has 0 saturated heterocycles. The maximum absolute atomic E-state index is 13.3. The summed E-state index contributed by atoms with van der Waals surface area (Å²) in [6.07, 6.45) is -3.20. The van der Waals surface area contributed by atoms with Crippen LogP contribution in [0.3, 0.4) is 0 Å². The summed E-state index contributed by atoms with van der Waals surface area (Å²) >= 11 is 5.92. The van der Waals surface area contributed by atoms with Gasteiger partial charge in [0.2, 0.25) is 6.41 Å². The molecule has 0 fully saturated rings. The van der Waals surface area contributed by atoms with E-state index in [1.165, 1.54) is 18.3 Å². The second kappa shape index (κ2) is 10.7. The second-order valence-corrected chi connectivity index (χ2v) is 7.85. The van der Waals surface area contributed by atoms with Gasteiger partial charge in [-0.05, 0) is 36.2 Å². The molecule has 1 aliphatic rings. The van der Waals surface area contributed by atoms with Crippen molar-refractivity contribution in [1.29, 1.82) is 0 Å². The Hall–Kier alpha value is -3.31. The lowest BCUT2D eigenvalue weighted by Gasteiger charge is -2.30. The summed E-state index contributed by atoms with van der Waals surface area (Å²) in [7, 11) is 1.57. The number of rotatable bonds is 9. The Morgan fingerprint density at radius 3 is 2.53 bits per heavy atom. The molecule has 1 aliphatic heterocycles. The van der Waals surface area contributed by atoms with Gasteiger partial charge in [-0.2, -0.15) is 13.2 Å². The smallest absolute Gasteiger partial charge is 0.396 e. The van der Waals surface area contributed by atoms with Crippen molar-refractivity contribution in [3.05, 3.63) is 76.0 Å². The molecule has 182 valence electrons. The molecule has 2 amide bonds. The first-order chi connectivity index (χ1) is 16.2. The highest BCUT2D eigenvalue weighted by atomic mass is 35.5. The number of carbonyl (C=O) groups excluding carboxylic acids is 2. The molecule has 2 aromatic rings. The van der Waals surface area contributed by atoms with Gasteiger partial charge in [-0.25, -0.2) is 0 Å². The van der Waals surface area contributed by atoms with E-state index >= 15 is 0 Å². The monoisotopic (exact) mass is 497 g/mol. The summed E-state index contributed by atoms with van der Waals surface area (Å²) in [6.45, 7) is -0.119. The minimum Gasteiger partial charge on any atom is -0.396 e. The van der Waals surface area contributed by atoms with Gasteiger partial charge in [0.25, 0.3) is 5.91 Å². The Morgan fingerprint density at radius 1 is 1.29 bits per heavy atom. The van der Waals surface area contributed by atoms with Crippen LogP contribution in [-0.4, -0.2) is 52.4 Å². The maximum Gasteiger partial charge on any atom is 0.416 e. The number of carbonyl (C=O) groups is 2. The number of aliphatic hydroxyl groups is 1. The Labute approximate surface area is 199 Å². The highest BCUT2D eigenvalue weighted by Gasteiger charge is 2.39. The first-order valence-electron chi connectivity index (χ1n) is 10.3. The number of alkyl halides is 3. The number of amides is 2. The number of pyridine rings is 1. The first-order valence-corrected chi connectivity index (χ1v) is 10.7. The zero-order valence-corrected chi connectivity index (χ0v) is 18.9. The molecule has 1 aromatic carbocycles. The fraction of sp³-hybridized carbons (Fsp3) is 0.318. The van der Waals surface area contributed by atoms with Gasteiger partial charge in [0.15, 0.2) is 0 Å². The van der Waals surface area contributed by atoms with Crippen LogP contribution < -0.4 is 10.6 Å². The molecule has 34 heavy (non-hydrogen) atoms. The fourth-order valence-electron chi connectivity index (χ4n) is 3.52. The Morgan fingerprint density at radius 2 is 2.00 bits per heavy atom. The van der Waals surface area contributed by atoms with Crippen LogP contribution >= 0.6 is 11.6 Å². The van der Waals surface area contributed by atoms with Crippen molar-refractivity contribution in [2.45, 2.75) is 25.3 Å². The topological polar surface area (TPSA) is 97.8 Å². The van der Waals surface area contributed by atoms with Crippen LogP contribution in [0.2, 0.25) is 5.02 Å². The summed E-state index contributed by atoms with van der Waals surface area (Å²) in [5.41, 5.74) is 0.313. The molecule has 1 atom stereocenters. The average molecular weight is 498 g/mol. The zero-order valence-electron chi connectivity index (χ0n) is 18.1. The van der Waals surface area contributed by atoms with Gasteiger partial charge in [0.05, 0.1) is 22.8 Å². The van der Waals surface area contributed by atoms with E-state index in [0.29, 0.717) is 28.5 Å². The van der Waals surface area contributed by atoms with E-state index in [1.807, 2.05) is 0 Å². The van der Waals surface area contributed by atoms with Gasteiger partial charge < -0.3 is 20.6 Å². The Balaban J connectivity index is 2.01. The molecule has 0 radical (unpaired) electrons. The molecule has 0 saturated carbocycles. The molecule has 12 heteroatoms. The number of nitrogens with zero attached hydrogens (tertiary/aromatic N) is 3. The van der Waals surface area contributed by atoms with Gasteiger partial charge in [0.1, 0.15) is 17.7 Å². The minimum atomic E-state index is -4.48. The van der Waals surface area contributed by atoms with E-state index in [4.69, 9.17) is 16.7 Å². The Kier molecular flexibility index (Phi) is 8.00. The van der Waals surface area contributed by atoms with Crippen LogP contribution in [-0.2, 0) is 22.3 Å². The van der Waals surface area contributed by atoms with Gasteiger partial charge >= 0.3 is 6.18 Å². The Bertz CT molecular complexity index is 1050. The van der Waals surface area contributed by atoms with Crippen molar-refractivity contribution in [3.63, 3.8) is 0 Å². The molecule has 8 nitrogen and oxygen atoms in total. The number of aliphatic hydroxyl groups excluding tert-OH is 1. The number of hydrogen-bond donors (Lipinski definition) is 3. The van der Waals surface area contributed by atoms with E-state index in [9.17, 15) is 22.8 Å². The van der Waals surface area contributed by atoms with Crippen molar-refractivity contribution in [2.75, 3.05) is 20.2 Å². The minimum absolute atomic E-state index is 0.00267. The lowest BCUT2D eigenvalue weighted by molar-refractivity contribution is -0.138. The molecule has 3 N–H and O–H groups in total. The van der Waals surface area contributed by atoms with Gasteiger partial charge in [-0.15, -0.1) is 0 Å². The predicted molar refractivity (Wildman–Crippen MR) is 118 cm³/mol. The number of benzene rings is 1. The first kappa shape index (κ1) is 25.3. The summed E-state index contributed by atoms with van der Waals surface area (Å²) in [6, 6.07) is 7.87. The molecule has 2 heterocycles. The quantitative estimate of drug-likeness (QED) is 0.458. The molecule has 1 unspecified atom stereocenters. The van der Waals surface area contributed by atoms with Crippen LogP contribution in [0.25, 0.3) is 0 Å². The summed E-state index contributed by atoms with van der Waals surface area (Å²) < 4.78 is 39.1. The molecule has 3 rings (SSSR count). The summed E-state index contributed by atoms with van der Waals surface area (Å²) in [5.74, 6) is -0.344. The van der Waals surface area contributed by atoms with Crippen LogP contribution in [0, 0.1) is 0 Å². The summed E-state index contributed by atoms with van der Waals surface area (Å²) in [4.78, 5) is 31.7. The van der Waals surface area contributed by atoms with Crippen LogP contribution in [0.15, 0.2) is 54.1 Å². The standard InChI is InChI=1S/C22H23ClF3N5O3/c1-27-19-18(21(34)30(13-33)9-2-10-32)31(12-17-8-7-16(23)11-28-17)20(29-19)14-3-5-15(6-4-14)22(24,25)26/h3-8,11,13,20,27,29,32H,2,9-10,12H2,1H3. The number of aromatic nitrogens is 1. The highest BCUT2D eigenvalue weighted by molar-refractivity contribution is 6.30. The third kappa shape index (κ3) is 5.60. The van der Waals surface area contributed by atoms with Crippen molar-refractivity contribution >= 4 is 23.9 Å². The van der Waals surface area contributed by atoms with Crippen LogP contribution in [0.1, 0.15) is 29.4 Å². The fourth-order valence-corrected chi connectivity index (χ4v) is 3.63. The van der Waals surface area contributed by atoms with Crippen molar-refractivity contribution in [1.82, 2.24) is 25.4 Å². The van der Waals surface area contributed by atoms with E-state index in [-0.39, 0.29) is 31.8 Å². The number of nitrogens with one attached hydrogen (secondary N) is 2. The molecule has 0 bridgehead atoms. The van der Waals surface area contributed by atoms with Crippen LogP contribution in [0.5, 0.6) is 0 Å².